The summed E-state index contributed by atoms with van der Waals surface area (Å²) in [5.74, 6) is 0.942. The van der Waals surface area contributed by atoms with Gasteiger partial charge in [-0.2, -0.15) is 5.10 Å². The Morgan fingerprint density at radius 2 is 1.93 bits per heavy atom. The summed E-state index contributed by atoms with van der Waals surface area (Å²) in [4.78, 5) is -0.307. The molecule has 29 heavy (non-hydrogen) atoms. The average Bonchev–Trinajstić information content (AvgIpc) is 3.23. The van der Waals surface area contributed by atoms with Crippen molar-refractivity contribution in [3.63, 3.8) is 0 Å². The lowest BCUT2D eigenvalue weighted by Gasteiger charge is -2.36. The van der Waals surface area contributed by atoms with Gasteiger partial charge in [-0.15, -0.1) is 21.8 Å². The highest BCUT2D eigenvalue weighted by Crippen LogP contribution is 2.47. The van der Waals surface area contributed by atoms with Crippen LogP contribution in [0.5, 0.6) is 0 Å². The maximum atomic E-state index is 7.21. The molecule has 6 nitrogen and oxygen atoms in total. The molecule has 3 heterocycles. The Balaban J connectivity index is 1.40. The molecule has 0 unspecified atom stereocenters. The minimum absolute atomic E-state index is 0.307. The van der Waals surface area contributed by atoms with Crippen LogP contribution in [0.25, 0.3) is 5.69 Å². The molecule has 152 valence electrons. The molecule has 1 N–H and O–H groups in total. The van der Waals surface area contributed by atoms with Crippen molar-refractivity contribution in [3.05, 3.63) is 58.4 Å². The number of nitrogens with zero attached hydrogens (tertiary/aromatic N) is 5. The smallest absolute Gasteiger partial charge is 0.151 e. The quantitative estimate of drug-likeness (QED) is 0.642. The Labute approximate surface area is 176 Å². The normalized spacial score (nSPS) is 24.1. The largest absolute Gasteiger partial charge is 0.306 e. The van der Waals surface area contributed by atoms with Crippen LogP contribution in [0.1, 0.15) is 65.6 Å². The lowest BCUT2D eigenvalue weighted by atomic mass is 9.80. The Kier molecular flexibility index (Phi) is 4.51. The summed E-state index contributed by atoms with van der Waals surface area (Å²) in [7, 11) is 0. The van der Waals surface area contributed by atoms with Crippen LogP contribution in [-0.2, 0) is 18.0 Å². The van der Waals surface area contributed by atoms with E-state index in [1.165, 1.54) is 22.4 Å². The third kappa shape index (κ3) is 3.09. The molecule has 1 aromatic carbocycles. The Bertz CT molecular complexity index is 1060. The number of hydrogen-bond donors (Lipinski definition) is 1. The van der Waals surface area contributed by atoms with Crippen molar-refractivity contribution in [1.82, 2.24) is 29.9 Å². The van der Waals surface area contributed by atoms with Gasteiger partial charge in [-0.05, 0) is 69.2 Å². The van der Waals surface area contributed by atoms with Crippen molar-refractivity contribution < 1.29 is 0 Å². The van der Waals surface area contributed by atoms with Crippen molar-refractivity contribution in [2.75, 3.05) is 0 Å². The second-order valence-corrected chi connectivity index (χ2v) is 9.22. The van der Waals surface area contributed by atoms with E-state index in [1.807, 2.05) is 0 Å². The van der Waals surface area contributed by atoms with E-state index in [0.29, 0.717) is 6.04 Å². The van der Waals surface area contributed by atoms with E-state index in [-0.39, 0.29) is 4.87 Å². The first-order valence-corrected chi connectivity index (χ1v) is 10.8. The molecule has 1 aliphatic carbocycles. The van der Waals surface area contributed by atoms with Crippen LogP contribution in [0.15, 0.2) is 24.5 Å². The summed E-state index contributed by atoms with van der Waals surface area (Å²) in [6.45, 7) is 7.97. The van der Waals surface area contributed by atoms with Crippen LogP contribution >= 0.6 is 11.6 Å². The van der Waals surface area contributed by atoms with E-state index in [9.17, 15) is 0 Å². The molecule has 1 aliphatic heterocycles. The van der Waals surface area contributed by atoms with E-state index in [2.05, 4.69) is 63.7 Å². The standard InChI is InChI=1S/C22H27ClN6/c1-14-15(2)27-29(16(14)3)19-6-8-22(23,9-7-19)18-4-5-20-17(10-18)11-24-12-21-26-25-13-28(20)21/h4-5,10,13,19,24H,6-9,11-12H2,1-3H3. The minimum Gasteiger partial charge on any atom is -0.306 e. The van der Waals surface area contributed by atoms with Gasteiger partial charge in [-0.3, -0.25) is 9.25 Å². The molecular formula is C22H27ClN6. The maximum absolute atomic E-state index is 7.21. The van der Waals surface area contributed by atoms with Crippen molar-refractivity contribution >= 4 is 11.6 Å². The molecule has 2 aromatic heterocycles. The SMILES string of the molecule is Cc1nn(C2CCC(Cl)(c3ccc4c(c3)CNCc3nncn3-4)CC2)c(C)c1C. The Hall–Kier alpha value is -2.18. The molecule has 7 heteroatoms. The van der Waals surface area contributed by atoms with Crippen LogP contribution in [0.4, 0.5) is 0 Å². The van der Waals surface area contributed by atoms with E-state index in [4.69, 9.17) is 16.7 Å². The monoisotopic (exact) mass is 410 g/mol. The first kappa shape index (κ1) is 18.8. The summed E-state index contributed by atoms with van der Waals surface area (Å²) in [6.07, 6.45) is 5.81. The molecule has 0 saturated heterocycles. The molecule has 3 aromatic rings. The fraction of sp³-hybridized carbons (Fsp3) is 0.500. The van der Waals surface area contributed by atoms with Crippen molar-refractivity contribution in [2.45, 2.75) is 70.5 Å². The van der Waals surface area contributed by atoms with Gasteiger partial charge in [0.1, 0.15) is 6.33 Å². The van der Waals surface area contributed by atoms with Crippen LogP contribution in [0.2, 0.25) is 0 Å². The first-order chi connectivity index (χ1) is 14.0. The number of benzene rings is 1. The van der Waals surface area contributed by atoms with E-state index >= 15 is 0 Å². The minimum atomic E-state index is -0.307. The van der Waals surface area contributed by atoms with Gasteiger partial charge >= 0.3 is 0 Å². The summed E-state index contributed by atoms with van der Waals surface area (Å²) in [6, 6.07) is 7.08. The van der Waals surface area contributed by atoms with Gasteiger partial charge in [0.05, 0.1) is 28.8 Å². The first-order valence-electron chi connectivity index (χ1n) is 10.4. The summed E-state index contributed by atoms with van der Waals surface area (Å²) < 4.78 is 4.30. The predicted octanol–water partition coefficient (Wildman–Crippen LogP) is 4.24. The molecule has 0 atom stereocenters. The number of aromatic nitrogens is 5. The fourth-order valence-electron chi connectivity index (χ4n) is 4.82. The Morgan fingerprint density at radius 3 is 2.66 bits per heavy atom. The Morgan fingerprint density at radius 1 is 1.14 bits per heavy atom. The zero-order valence-corrected chi connectivity index (χ0v) is 18.0. The van der Waals surface area contributed by atoms with Gasteiger partial charge in [-0.25, -0.2) is 0 Å². The van der Waals surface area contributed by atoms with Crippen LogP contribution < -0.4 is 5.32 Å². The van der Waals surface area contributed by atoms with Gasteiger partial charge < -0.3 is 5.32 Å². The van der Waals surface area contributed by atoms with E-state index < -0.39 is 0 Å². The topological polar surface area (TPSA) is 60.6 Å². The van der Waals surface area contributed by atoms with Crippen molar-refractivity contribution in [2.24, 2.45) is 0 Å². The molecular weight excluding hydrogens is 384 g/mol. The third-order valence-electron chi connectivity index (χ3n) is 6.85. The zero-order valence-electron chi connectivity index (χ0n) is 17.2. The van der Waals surface area contributed by atoms with Gasteiger partial charge in [-0.1, -0.05) is 12.1 Å². The lowest BCUT2D eigenvalue weighted by molar-refractivity contribution is 0.277. The van der Waals surface area contributed by atoms with E-state index in [1.54, 1.807) is 6.33 Å². The molecule has 0 amide bonds. The molecule has 1 saturated carbocycles. The number of hydrogen-bond acceptors (Lipinski definition) is 4. The number of halogens is 1. The number of fused-ring (bicyclic) bond motifs is 3. The molecule has 0 bridgehead atoms. The summed E-state index contributed by atoms with van der Waals surface area (Å²) >= 11 is 7.21. The number of rotatable bonds is 2. The highest BCUT2D eigenvalue weighted by molar-refractivity contribution is 6.24. The number of nitrogens with one attached hydrogen (secondary N) is 1. The second-order valence-electron chi connectivity index (χ2n) is 8.50. The fourth-order valence-corrected chi connectivity index (χ4v) is 5.16. The van der Waals surface area contributed by atoms with Crippen LogP contribution in [-0.4, -0.2) is 24.5 Å². The van der Waals surface area contributed by atoms with E-state index in [0.717, 1.165) is 56.0 Å². The molecule has 5 rings (SSSR count). The predicted molar refractivity (Wildman–Crippen MR) is 113 cm³/mol. The molecule has 0 spiro atoms. The number of alkyl halides is 1. The van der Waals surface area contributed by atoms with Crippen molar-refractivity contribution in [1.29, 1.82) is 0 Å². The highest BCUT2D eigenvalue weighted by atomic mass is 35.5. The van der Waals surface area contributed by atoms with Gasteiger partial charge in [0.15, 0.2) is 5.82 Å². The summed E-state index contributed by atoms with van der Waals surface area (Å²) in [5, 5.41) is 16.5. The highest BCUT2D eigenvalue weighted by Gasteiger charge is 2.37. The molecule has 2 aliphatic rings. The maximum Gasteiger partial charge on any atom is 0.151 e. The zero-order chi connectivity index (χ0) is 20.2. The van der Waals surface area contributed by atoms with Crippen LogP contribution in [0, 0.1) is 20.8 Å². The molecule has 1 fully saturated rings. The van der Waals surface area contributed by atoms with Gasteiger partial charge in [0, 0.05) is 12.2 Å². The third-order valence-corrected chi connectivity index (χ3v) is 7.45. The van der Waals surface area contributed by atoms with Gasteiger partial charge in [0.2, 0.25) is 0 Å². The van der Waals surface area contributed by atoms with Crippen molar-refractivity contribution in [3.8, 4) is 5.69 Å². The average molecular weight is 411 g/mol. The van der Waals surface area contributed by atoms with Gasteiger partial charge in [0.25, 0.3) is 0 Å². The second kappa shape index (κ2) is 6.96. The lowest BCUT2D eigenvalue weighted by Crippen LogP contribution is -2.29. The molecule has 0 radical (unpaired) electrons. The summed E-state index contributed by atoms with van der Waals surface area (Å²) in [5.41, 5.74) is 7.34. The van der Waals surface area contributed by atoms with Crippen LogP contribution in [0.3, 0.4) is 0 Å². The number of aryl methyl sites for hydroxylation is 1.